The fourth-order valence-electron chi connectivity index (χ4n) is 2.29. The summed E-state index contributed by atoms with van der Waals surface area (Å²) in [6.07, 6.45) is 2.28. The molecule has 5 nitrogen and oxygen atoms in total. The number of hydrogen-bond acceptors (Lipinski definition) is 4. The number of rotatable bonds is 9. The van der Waals surface area contributed by atoms with Crippen molar-refractivity contribution in [1.29, 1.82) is 0 Å². The van der Waals surface area contributed by atoms with Gasteiger partial charge in [-0.1, -0.05) is 18.2 Å². The Morgan fingerprint density at radius 3 is 2.67 bits per heavy atom. The summed E-state index contributed by atoms with van der Waals surface area (Å²) in [5.41, 5.74) is 5.47. The largest absolute Gasteiger partial charge is 0.491 e. The van der Waals surface area contributed by atoms with Crippen LogP contribution >= 0.6 is 0 Å². The second kappa shape index (κ2) is 7.43. The van der Waals surface area contributed by atoms with Gasteiger partial charge in [-0.05, 0) is 37.8 Å². The van der Waals surface area contributed by atoms with Crippen LogP contribution in [0.1, 0.15) is 19.8 Å². The van der Waals surface area contributed by atoms with Gasteiger partial charge in [0.2, 0.25) is 5.91 Å². The zero-order valence-electron chi connectivity index (χ0n) is 12.5. The lowest BCUT2D eigenvalue weighted by Crippen LogP contribution is -2.54. The van der Waals surface area contributed by atoms with Crippen LogP contribution in [0.4, 0.5) is 0 Å². The van der Waals surface area contributed by atoms with E-state index < -0.39 is 0 Å². The summed E-state index contributed by atoms with van der Waals surface area (Å²) in [5.74, 6) is 1.19. The van der Waals surface area contributed by atoms with Crippen molar-refractivity contribution in [2.75, 3.05) is 26.4 Å². The van der Waals surface area contributed by atoms with Gasteiger partial charge in [-0.3, -0.25) is 4.79 Å². The summed E-state index contributed by atoms with van der Waals surface area (Å²) < 4.78 is 10.8. The fourth-order valence-corrected chi connectivity index (χ4v) is 2.29. The van der Waals surface area contributed by atoms with Crippen molar-refractivity contribution in [3.63, 3.8) is 0 Å². The van der Waals surface area contributed by atoms with E-state index in [1.807, 2.05) is 37.3 Å². The summed E-state index contributed by atoms with van der Waals surface area (Å²) in [4.78, 5) is 11.9. The number of amides is 1. The number of carbonyl (C=O) groups excluding carboxylic acids is 1. The van der Waals surface area contributed by atoms with Crippen LogP contribution in [0.25, 0.3) is 0 Å². The van der Waals surface area contributed by atoms with Crippen LogP contribution in [0.2, 0.25) is 0 Å². The van der Waals surface area contributed by atoms with Gasteiger partial charge in [0.05, 0.1) is 12.1 Å². The number of carbonyl (C=O) groups is 1. The first-order valence-corrected chi connectivity index (χ1v) is 7.41. The topological polar surface area (TPSA) is 73.6 Å². The second-order valence-corrected chi connectivity index (χ2v) is 5.66. The van der Waals surface area contributed by atoms with Gasteiger partial charge >= 0.3 is 0 Å². The zero-order valence-corrected chi connectivity index (χ0v) is 12.5. The molecule has 0 saturated heterocycles. The lowest BCUT2D eigenvalue weighted by molar-refractivity contribution is -0.127. The summed E-state index contributed by atoms with van der Waals surface area (Å²) in [6.45, 7) is 3.31. The smallest absolute Gasteiger partial charge is 0.246 e. The van der Waals surface area contributed by atoms with E-state index in [1.54, 1.807) is 0 Å². The molecule has 1 fully saturated rings. The van der Waals surface area contributed by atoms with Gasteiger partial charge in [0.15, 0.2) is 0 Å². The van der Waals surface area contributed by atoms with Crippen molar-refractivity contribution in [3.05, 3.63) is 30.3 Å². The number of para-hydroxylation sites is 1. The Morgan fingerprint density at radius 2 is 2.05 bits per heavy atom. The maximum absolute atomic E-state index is 11.9. The molecular formula is C16H24N2O3. The van der Waals surface area contributed by atoms with E-state index in [-0.39, 0.29) is 18.1 Å². The Hall–Kier alpha value is -1.59. The average Bonchev–Trinajstić information content (AvgIpc) is 3.33. The van der Waals surface area contributed by atoms with Crippen LogP contribution in [0, 0.1) is 5.92 Å². The van der Waals surface area contributed by atoms with Gasteiger partial charge in [-0.2, -0.15) is 0 Å². The number of benzene rings is 1. The van der Waals surface area contributed by atoms with Crippen LogP contribution < -0.4 is 15.8 Å². The van der Waals surface area contributed by atoms with E-state index in [0.29, 0.717) is 25.7 Å². The highest BCUT2D eigenvalue weighted by molar-refractivity contribution is 5.78. The first-order valence-electron chi connectivity index (χ1n) is 7.41. The van der Waals surface area contributed by atoms with E-state index in [0.717, 1.165) is 18.6 Å². The van der Waals surface area contributed by atoms with Gasteiger partial charge in [0.1, 0.15) is 19.0 Å². The molecule has 116 valence electrons. The molecule has 1 aliphatic rings. The van der Waals surface area contributed by atoms with Crippen molar-refractivity contribution >= 4 is 5.91 Å². The molecular weight excluding hydrogens is 268 g/mol. The summed E-state index contributed by atoms with van der Waals surface area (Å²) >= 11 is 0. The van der Waals surface area contributed by atoms with Gasteiger partial charge in [0.25, 0.3) is 0 Å². The molecule has 0 aromatic heterocycles. The van der Waals surface area contributed by atoms with Crippen LogP contribution in [0.5, 0.6) is 5.75 Å². The Morgan fingerprint density at radius 1 is 1.33 bits per heavy atom. The minimum absolute atomic E-state index is 0.0421. The van der Waals surface area contributed by atoms with E-state index in [9.17, 15) is 4.79 Å². The number of nitrogens with one attached hydrogen (secondary N) is 1. The monoisotopic (exact) mass is 292 g/mol. The number of hydrogen-bond donors (Lipinski definition) is 2. The van der Waals surface area contributed by atoms with Crippen molar-refractivity contribution in [2.24, 2.45) is 11.7 Å². The van der Waals surface area contributed by atoms with Crippen LogP contribution in [0.15, 0.2) is 30.3 Å². The normalized spacial score (nSPS) is 17.0. The molecule has 5 heteroatoms. The maximum Gasteiger partial charge on any atom is 0.246 e. The summed E-state index contributed by atoms with van der Waals surface area (Å²) in [7, 11) is 0. The Kier molecular flexibility index (Phi) is 5.59. The van der Waals surface area contributed by atoms with Crippen LogP contribution in [-0.4, -0.2) is 37.8 Å². The predicted octanol–water partition coefficient (Wildman–Crippen LogP) is 1.33. The Balaban J connectivity index is 1.59. The second-order valence-electron chi connectivity index (χ2n) is 5.66. The van der Waals surface area contributed by atoms with Gasteiger partial charge in [-0.15, -0.1) is 0 Å². The van der Waals surface area contributed by atoms with E-state index in [1.165, 1.54) is 0 Å². The fraction of sp³-hybridized carbons (Fsp3) is 0.562. The molecule has 1 unspecified atom stereocenters. The van der Waals surface area contributed by atoms with Crippen molar-refractivity contribution in [1.82, 2.24) is 5.32 Å². The Labute approximate surface area is 125 Å². The lowest BCUT2D eigenvalue weighted by atomic mass is 9.96. The van der Waals surface area contributed by atoms with E-state index >= 15 is 0 Å². The molecule has 0 heterocycles. The molecule has 1 aromatic carbocycles. The highest BCUT2D eigenvalue weighted by Gasteiger charge is 2.41. The van der Waals surface area contributed by atoms with E-state index in [4.69, 9.17) is 15.2 Å². The highest BCUT2D eigenvalue weighted by Crippen LogP contribution is 2.38. The van der Waals surface area contributed by atoms with Gasteiger partial charge < -0.3 is 20.5 Å². The summed E-state index contributed by atoms with van der Waals surface area (Å²) in [6, 6.07) is 9.52. The first kappa shape index (κ1) is 15.8. The van der Waals surface area contributed by atoms with Crippen molar-refractivity contribution in [3.8, 4) is 5.75 Å². The molecule has 1 saturated carbocycles. The SMILES string of the molecule is CC(CN)(NC(=O)COCCOc1ccccc1)C1CC1. The summed E-state index contributed by atoms with van der Waals surface area (Å²) in [5, 5.41) is 2.98. The lowest BCUT2D eigenvalue weighted by Gasteiger charge is -2.29. The predicted molar refractivity (Wildman–Crippen MR) is 81.1 cm³/mol. The third kappa shape index (κ3) is 5.02. The van der Waals surface area contributed by atoms with Crippen LogP contribution in [0.3, 0.4) is 0 Å². The van der Waals surface area contributed by atoms with Crippen molar-refractivity contribution in [2.45, 2.75) is 25.3 Å². The molecule has 0 bridgehead atoms. The molecule has 1 aliphatic carbocycles. The number of ether oxygens (including phenoxy) is 2. The third-order valence-corrected chi connectivity index (χ3v) is 3.80. The number of nitrogens with two attached hydrogens (primary N) is 1. The van der Waals surface area contributed by atoms with E-state index in [2.05, 4.69) is 5.32 Å². The molecule has 21 heavy (non-hydrogen) atoms. The molecule has 3 N–H and O–H groups in total. The van der Waals surface area contributed by atoms with Gasteiger partial charge in [0, 0.05) is 6.54 Å². The molecule has 1 amide bonds. The molecule has 1 atom stereocenters. The maximum atomic E-state index is 11.9. The van der Waals surface area contributed by atoms with Gasteiger partial charge in [-0.25, -0.2) is 0 Å². The quantitative estimate of drug-likeness (QED) is 0.673. The molecule has 2 rings (SSSR count). The Bertz CT molecular complexity index is 448. The zero-order chi connectivity index (χ0) is 15.1. The molecule has 0 aliphatic heterocycles. The third-order valence-electron chi connectivity index (χ3n) is 3.80. The molecule has 0 spiro atoms. The molecule has 1 aromatic rings. The average molecular weight is 292 g/mol. The minimum Gasteiger partial charge on any atom is -0.491 e. The first-order chi connectivity index (χ1) is 10.1. The van der Waals surface area contributed by atoms with Crippen molar-refractivity contribution < 1.29 is 14.3 Å². The van der Waals surface area contributed by atoms with Crippen LogP contribution in [-0.2, 0) is 9.53 Å². The minimum atomic E-state index is -0.291. The highest BCUT2D eigenvalue weighted by atomic mass is 16.5. The standard InChI is InChI=1S/C16H24N2O3/c1-16(12-17,13-7-8-13)18-15(19)11-20-9-10-21-14-5-3-2-4-6-14/h2-6,13H,7-12,17H2,1H3,(H,18,19). The molecule has 0 radical (unpaired) electrons.